The molecule has 6 nitrogen and oxygen atoms in total. The number of nitrogens with zero attached hydrogens (tertiary/aromatic N) is 1. The van der Waals surface area contributed by atoms with E-state index in [1.165, 1.54) is 12.1 Å². The lowest BCUT2D eigenvalue weighted by Crippen LogP contribution is -2.21. The lowest BCUT2D eigenvalue weighted by molar-refractivity contribution is -0.146. The smallest absolute Gasteiger partial charge is 0.377 e. The van der Waals surface area contributed by atoms with Crippen molar-refractivity contribution < 1.29 is 19.8 Å². The van der Waals surface area contributed by atoms with E-state index in [2.05, 4.69) is 4.98 Å². The summed E-state index contributed by atoms with van der Waals surface area (Å²) in [5.41, 5.74) is -0.353. The van der Waals surface area contributed by atoms with E-state index in [-0.39, 0.29) is 11.3 Å². The first-order valence-corrected chi connectivity index (χ1v) is 7.97. The van der Waals surface area contributed by atoms with Gasteiger partial charge in [-0.2, -0.15) is 0 Å². The summed E-state index contributed by atoms with van der Waals surface area (Å²) in [6.07, 6.45) is 0. The van der Waals surface area contributed by atoms with Crippen molar-refractivity contribution in [2.24, 2.45) is 0 Å². The number of benzene rings is 2. The molecule has 3 rings (SSSR count). The summed E-state index contributed by atoms with van der Waals surface area (Å²) in [5.74, 6) is -3.77. The van der Waals surface area contributed by atoms with Crippen molar-refractivity contribution in [1.29, 1.82) is 0 Å². The third-order valence-electron chi connectivity index (χ3n) is 3.44. The molecule has 0 atom stereocenters. The molecule has 0 aliphatic carbocycles. The Morgan fingerprint density at radius 3 is 2.24 bits per heavy atom. The van der Waals surface area contributed by atoms with E-state index in [1.54, 1.807) is 42.5 Å². The third kappa shape index (κ3) is 3.17. The molecule has 2 N–H and O–H groups in total. The Bertz CT molecular complexity index is 1070. The Morgan fingerprint density at radius 2 is 1.56 bits per heavy atom. The molecule has 0 spiro atoms. The minimum atomic E-state index is -1.78. The van der Waals surface area contributed by atoms with Crippen LogP contribution in [0.3, 0.4) is 0 Å². The van der Waals surface area contributed by atoms with Gasteiger partial charge in [0.15, 0.2) is 0 Å². The zero-order chi connectivity index (χ0) is 18.0. The Hall–Kier alpha value is -3.32. The number of carbonyl (C=O) groups is 2. The number of carbonyl (C=O) groups excluding carboxylic acids is 1. The number of hydrogen-bond donors (Lipinski definition) is 2. The lowest BCUT2D eigenvalue weighted by atomic mass is 10.0. The molecule has 0 fully saturated rings. The summed E-state index contributed by atoms with van der Waals surface area (Å²) < 4.78 is -0.0108. The van der Waals surface area contributed by atoms with Gasteiger partial charge in [0, 0.05) is 5.56 Å². The third-order valence-corrected chi connectivity index (χ3v) is 4.38. The van der Waals surface area contributed by atoms with Crippen LogP contribution in [-0.2, 0) is 9.59 Å². The van der Waals surface area contributed by atoms with E-state index in [9.17, 15) is 19.5 Å². The van der Waals surface area contributed by atoms with Gasteiger partial charge in [-0.05, 0) is 12.1 Å². The topological polar surface area (TPSA) is 105 Å². The van der Waals surface area contributed by atoms with Crippen LogP contribution < -0.4 is 4.74 Å². The Kier molecular flexibility index (Phi) is 4.40. The normalized spacial score (nSPS) is 11.8. The fraction of sp³-hybridized carbons (Fsp3) is 0. The highest BCUT2D eigenvalue weighted by Gasteiger charge is 2.28. The number of aliphatic hydroxyl groups excluding tert-OH is 1. The summed E-state index contributed by atoms with van der Waals surface area (Å²) in [7, 11) is 0. The van der Waals surface area contributed by atoms with Crippen LogP contribution in [0.5, 0.6) is 0 Å². The van der Waals surface area contributed by atoms with Gasteiger partial charge in [-0.15, -0.1) is 0 Å². The molecule has 0 unspecified atom stereocenters. The van der Waals surface area contributed by atoms with Crippen molar-refractivity contribution in [3.63, 3.8) is 0 Å². The highest BCUT2D eigenvalue weighted by atomic mass is 32.1. The maximum absolute atomic E-state index is 12.4. The van der Waals surface area contributed by atoms with Gasteiger partial charge in [-0.3, -0.25) is 9.59 Å². The van der Waals surface area contributed by atoms with Crippen LogP contribution in [0.1, 0.15) is 11.3 Å². The SMILES string of the molecule is O=C(O)C(=O)/C(=C(/O)c1ccccc1)c1nc2ccccc2sc1=O. The second-order valence-corrected chi connectivity index (χ2v) is 6.06. The lowest BCUT2D eigenvalue weighted by Gasteiger charge is -2.08. The van der Waals surface area contributed by atoms with Crippen molar-refractivity contribution >= 4 is 44.6 Å². The first kappa shape index (κ1) is 16.5. The first-order valence-electron chi connectivity index (χ1n) is 7.15. The van der Waals surface area contributed by atoms with Gasteiger partial charge in [0.05, 0.1) is 10.2 Å². The van der Waals surface area contributed by atoms with Crippen LogP contribution in [0.25, 0.3) is 21.5 Å². The number of aromatic nitrogens is 1. The highest BCUT2D eigenvalue weighted by Crippen LogP contribution is 2.25. The van der Waals surface area contributed by atoms with E-state index in [0.717, 1.165) is 11.3 Å². The van der Waals surface area contributed by atoms with Crippen molar-refractivity contribution in [3.8, 4) is 0 Å². The number of hydrogen-bond acceptors (Lipinski definition) is 6. The highest BCUT2D eigenvalue weighted by molar-refractivity contribution is 7.16. The molecule has 0 aliphatic rings. The van der Waals surface area contributed by atoms with E-state index in [1.807, 2.05) is 0 Å². The van der Waals surface area contributed by atoms with Gasteiger partial charge in [-0.25, -0.2) is 9.78 Å². The second kappa shape index (κ2) is 6.66. The number of carboxylic acid groups (broad SMARTS) is 1. The number of rotatable bonds is 4. The number of para-hydroxylation sites is 1. The van der Waals surface area contributed by atoms with Gasteiger partial charge in [-0.1, -0.05) is 53.8 Å². The summed E-state index contributed by atoms with van der Waals surface area (Å²) in [6, 6.07) is 14.7. The van der Waals surface area contributed by atoms with Gasteiger partial charge in [0.1, 0.15) is 17.0 Å². The molecule has 0 amide bonds. The molecule has 0 aliphatic heterocycles. The molecular formula is C18H11NO5S. The predicted octanol–water partition coefficient (Wildman–Crippen LogP) is 2.74. The molecule has 2 aromatic carbocycles. The zero-order valence-electron chi connectivity index (χ0n) is 12.7. The Morgan fingerprint density at radius 1 is 0.920 bits per heavy atom. The van der Waals surface area contributed by atoms with Crippen LogP contribution in [0.4, 0.5) is 0 Å². The van der Waals surface area contributed by atoms with Gasteiger partial charge in [0.2, 0.25) is 0 Å². The molecule has 1 heterocycles. The minimum absolute atomic E-state index is 0.214. The average molecular weight is 353 g/mol. The zero-order valence-corrected chi connectivity index (χ0v) is 13.5. The Labute approximate surface area is 145 Å². The molecule has 0 radical (unpaired) electrons. The van der Waals surface area contributed by atoms with Crippen LogP contribution in [0.2, 0.25) is 0 Å². The second-order valence-electron chi connectivity index (χ2n) is 5.04. The summed E-state index contributed by atoms with van der Waals surface area (Å²) >= 11 is 0.830. The molecule has 0 saturated carbocycles. The summed E-state index contributed by atoms with van der Waals surface area (Å²) in [5, 5.41) is 19.6. The van der Waals surface area contributed by atoms with Gasteiger partial charge in [0.25, 0.3) is 10.5 Å². The molecule has 124 valence electrons. The Balaban J connectivity index is 2.33. The molecular weight excluding hydrogens is 342 g/mol. The van der Waals surface area contributed by atoms with Crippen molar-refractivity contribution in [2.75, 3.05) is 0 Å². The first-order chi connectivity index (χ1) is 12.0. The standard InChI is InChI=1S/C18H11NO5S/c20-15(10-6-2-1-3-7-10)13(16(21)17(22)23)14-18(24)25-12-9-5-4-8-11(12)19-14/h1-9,20H,(H,22,23)/b15-13+. The van der Waals surface area contributed by atoms with Crippen LogP contribution in [0.15, 0.2) is 59.4 Å². The fourth-order valence-electron chi connectivity index (χ4n) is 2.28. The molecule has 0 bridgehead atoms. The monoisotopic (exact) mass is 353 g/mol. The van der Waals surface area contributed by atoms with E-state index < -0.39 is 27.8 Å². The van der Waals surface area contributed by atoms with E-state index in [0.29, 0.717) is 10.2 Å². The van der Waals surface area contributed by atoms with Crippen molar-refractivity contribution in [1.82, 2.24) is 4.98 Å². The number of Topliss-reactive ketones (excluding diaryl/α,β-unsaturated/α-hetero) is 1. The summed E-state index contributed by atoms with van der Waals surface area (Å²) in [6.45, 7) is 0. The van der Waals surface area contributed by atoms with Gasteiger partial charge < -0.3 is 10.2 Å². The number of aliphatic hydroxyl groups is 1. The molecule has 7 heteroatoms. The molecule has 0 saturated heterocycles. The predicted molar refractivity (Wildman–Crippen MR) is 94.4 cm³/mol. The molecule has 1 aromatic heterocycles. The average Bonchev–Trinajstić information content (AvgIpc) is 2.62. The van der Waals surface area contributed by atoms with Crippen molar-refractivity contribution in [2.45, 2.75) is 0 Å². The maximum Gasteiger partial charge on any atom is 0.377 e. The van der Waals surface area contributed by atoms with E-state index >= 15 is 0 Å². The van der Waals surface area contributed by atoms with Crippen LogP contribution in [-0.4, -0.2) is 26.9 Å². The maximum atomic E-state index is 12.4. The minimum Gasteiger partial charge on any atom is -0.506 e. The van der Waals surface area contributed by atoms with Crippen LogP contribution in [0, 0.1) is 0 Å². The quantitative estimate of drug-likeness (QED) is 0.424. The molecule has 25 heavy (non-hydrogen) atoms. The van der Waals surface area contributed by atoms with Crippen LogP contribution >= 0.6 is 11.3 Å². The number of ketones is 1. The largest absolute Gasteiger partial charge is 0.506 e. The number of carboxylic acids is 1. The fourth-order valence-corrected chi connectivity index (χ4v) is 3.09. The number of aliphatic carboxylic acids is 1. The summed E-state index contributed by atoms with van der Waals surface area (Å²) in [4.78, 5) is 39.9. The van der Waals surface area contributed by atoms with E-state index in [4.69, 9.17) is 5.11 Å². The van der Waals surface area contributed by atoms with Gasteiger partial charge >= 0.3 is 5.97 Å². The molecule has 3 aromatic rings. The van der Waals surface area contributed by atoms with Crippen molar-refractivity contribution in [3.05, 3.63) is 75.4 Å². The number of fused-ring (bicyclic) bond motifs is 1.